The van der Waals surface area contributed by atoms with Crippen molar-refractivity contribution in [3.8, 4) is 11.8 Å². The quantitative estimate of drug-likeness (QED) is 0.297. The summed E-state index contributed by atoms with van der Waals surface area (Å²) >= 11 is 0. The molecule has 4 atom stereocenters. The number of ether oxygens (including phenoxy) is 1. The van der Waals surface area contributed by atoms with E-state index in [1.54, 1.807) is 6.20 Å². The average Bonchev–Trinajstić information content (AvgIpc) is 3.36. The van der Waals surface area contributed by atoms with Gasteiger partial charge in [0.25, 0.3) is 0 Å². The third-order valence-electron chi connectivity index (χ3n) is 5.75. The number of hydrogen-bond donors (Lipinski definition) is 4. The number of hydrogen-bond acceptors (Lipinski definition) is 9. The number of aromatic nitrogens is 3. The normalized spacial score (nSPS) is 22.4. The van der Waals surface area contributed by atoms with Gasteiger partial charge in [0, 0.05) is 11.8 Å². The molecule has 35 heavy (non-hydrogen) atoms. The maximum absolute atomic E-state index is 11.8. The number of nitrogens with one attached hydrogen (secondary N) is 1. The fourth-order valence-corrected chi connectivity index (χ4v) is 4.62. The number of nitrogens with two attached hydrogens (primary N) is 1. The molecule has 180 valence electrons. The lowest BCUT2D eigenvalue weighted by Crippen LogP contribution is -2.43. The van der Waals surface area contributed by atoms with Crippen LogP contribution in [0.3, 0.4) is 0 Å². The smallest absolute Gasteiger partial charge is 0.337 e. The first-order valence-corrected chi connectivity index (χ1v) is 11.9. The van der Waals surface area contributed by atoms with Gasteiger partial charge >= 0.3 is 10.3 Å². The summed E-state index contributed by atoms with van der Waals surface area (Å²) < 4.78 is 37.0. The van der Waals surface area contributed by atoms with E-state index in [1.807, 2.05) is 47.2 Å². The fourth-order valence-electron chi connectivity index (χ4n) is 4.04. The molecule has 2 aromatic heterocycles. The second-order valence-corrected chi connectivity index (χ2v) is 9.33. The van der Waals surface area contributed by atoms with E-state index in [0.717, 1.165) is 23.4 Å². The third kappa shape index (κ3) is 4.21. The lowest BCUT2D eigenvalue weighted by Gasteiger charge is -2.17. The molecule has 1 fully saturated rings. The molecule has 1 aliphatic heterocycles. The van der Waals surface area contributed by atoms with Crippen molar-refractivity contribution in [3.63, 3.8) is 0 Å². The standard InChI is InChI=1S/C23H21N5O6S/c1-33-35(31,32)27-22-18(29)19(30)23(34-22)28-11-15(17-20(24)25-12-26-21(17)28)10-9-14-7-4-6-13-5-2-3-8-16(13)14/h2-8,11-12,18-19,22-23,27,29-30H,1H3,(H2,24,25,26)/t18-,19+,22+,23+/m0/s1. The Bertz CT molecular complexity index is 1590. The van der Waals surface area contributed by atoms with E-state index >= 15 is 0 Å². The molecule has 0 radical (unpaired) electrons. The van der Waals surface area contributed by atoms with E-state index in [1.165, 1.54) is 10.9 Å². The molecular formula is C23H21N5O6S. The highest BCUT2D eigenvalue weighted by atomic mass is 32.2. The van der Waals surface area contributed by atoms with Crippen LogP contribution in [0.1, 0.15) is 17.4 Å². The maximum Gasteiger partial charge on any atom is 0.337 e. The number of anilines is 1. The summed E-state index contributed by atoms with van der Waals surface area (Å²) in [6.45, 7) is 0. The highest BCUT2D eigenvalue weighted by Gasteiger charge is 2.46. The first-order valence-electron chi connectivity index (χ1n) is 10.5. The molecule has 1 saturated heterocycles. The molecule has 2 aromatic carbocycles. The summed E-state index contributed by atoms with van der Waals surface area (Å²) in [7, 11) is -3.23. The van der Waals surface area contributed by atoms with E-state index in [4.69, 9.17) is 10.5 Å². The molecule has 3 heterocycles. The van der Waals surface area contributed by atoms with Gasteiger partial charge in [-0.15, -0.1) is 0 Å². The Labute approximate surface area is 200 Å². The van der Waals surface area contributed by atoms with Crippen molar-refractivity contribution >= 4 is 37.9 Å². The summed E-state index contributed by atoms with van der Waals surface area (Å²) in [6.07, 6.45) is -2.90. The van der Waals surface area contributed by atoms with Crippen LogP contribution in [0, 0.1) is 11.8 Å². The van der Waals surface area contributed by atoms with Crippen LogP contribution in [-0.4, -0.2) is 58.7 Å². The van der Waals surface area contributed by atoms with Crippen LogP contribution in [0.4, 0.5) is 5.82 Å². The van der Waals surface area contributed by atoms with Crippen LogP contribution in [0.5, 0.6) is 0 Å². The van der Waals surface area contributed by atoms with Crippen LogP contribution in [-0.2, 0) is 19.2 Å². The van der Waals surface area contributed by atoms with Crippen molar-refractivity contribution in [1.29, 1.82) is 0 Å². The predicted molar refractivity (Wildman–Crippen MR) is 127 cm³/mol. The van der Waals surface area contributed by atoms with Crippen LogP contribution in [0.25, 0.3) is 21.8 Å². The van der Waals surface area contributed by atoms with E-state index in [9.17, 15) is 18.6 Å². The zero-order valence-electron chi connectivity index (χ0n) is 18.4. The van der Waals surface area contributed by atoms with E-state index in [2.05, 4.69) is 26.0 Å². The molecule has 0 unspecified atom stereocenters. The number of aliphatic hydroxyl groups excluding tert-OH is 2. The zero-order chi connectivity index (χ0) is 24.7. The Morgan fingerprint density at radius 1 is 1.09 bits per heavy atom. The van der Waals surface area contributed by atoms with Crippen molar-refractivity contribution in [2.75, 3.05) is 12.8 Å². The predicted octanol–water partition coefficient (Wildman–Crippen LogP) is 0.624. The molecular weight excluding hydrogens is 474 g/mol. The zero-order valence-corrected chi connectivity index (χ0v) is 19.2. The minimum atomic E-state index is -4.19. The molecule has 5 N–H and O–H groups in total. The first kappa shape index (κ1) is 23.2. The van der Waals surface area contributed by atoms with Crippen LogP contribution in [0.2, 0.25) is 0 Å². The van der Waals surface area contributed by atoms with Gasteiger partial charge in [-0.05, 0) is 16.8 Å². The van der Waals surface area contributed by atoms with Gasteiger partial charge in [-0.2, -0.15) is 13.1 Å². The molecule has 0 bridgehead atoms. The van der Waals surface area contributed by atoms with Gasteiger partial charge < -0.3 is 25.3 Å². The van der Waals surface area contributed by atoms with Gasteiger partial charge in [0.15, 0.2) is 12.5 Å². The number of fused-ring (bicyclic) bond motifs is 2. The SMILES string of the molecule is COS(=O)(=O)N[C@@H]1O[C@@H](n2cc(C#Cc3cccc4ccccc34)c3c(N)ncnc32)[C@H](O)[C@@H]1O. The summed E-state index contributed by atoms with van der Waals surface area (Å²) in [6, 6.07) is 13.7. The van der Waals surface area contributed by atoms with Gasteiger partial charge in [0.1, 0.15) is 30.0 Å². The Kier molecular flexibility index (Phi) is 5.89. The van der Waals surface area contributed by atoms with Gasteiger partial charge in [-0.3, -0.25) is 4.18 Å². The lowest BCUT2D eigenvalue weighted by molar-refractivity contribution is -0.0383. The number of nitrogen functional groups attached to an aromatic ring is 1. The van der Waals surface area contributed by atoms with Gasteiger partial charge in [0.05, 0.1) is 18.1 Å². The van der Waals surface area contributed by atoms with Gasteiger partial charge in [-0.1, -0.05) is 48.2 Å². The number of benzene rings is 2. The summed E-state index contributed by atoms with van der Waals surface area (Å²) in [5.41, 5.74) is 7.70. The minimum absolute atomic E-state index is 0.167. The molecule has 0 aliphatic carbocycles. The summed E-state index contributed by atoms with van der Waals surface area (Å²) in [4.78, 5) is 8.30. The van der Waals surface area contributed by atoms with Crippen molar-refractivity contribution in [2.45, 2.75) is 24.7 Å². The highest BCUT2D eigenvalue weighted by molar-refractivity contribution is 7.84. The maximum atomic E-state index is 11.8. The molecule has 4 aromatic rings. The second-order valence-electron chi connectivity index (χ2n) is 7.85. The summed E-state index contributed by atoms with van der Waals surface area (Å²) in [5, 5.41) is 23.5. The Balaban J connectivity index is 1.58. The summed E-state index contributed by atoms with van der Waals surface area (Å²) in [5.74, 6) is 6.43. The lowest BCUT2D eigenvalue weighted by atomic mass is 10.0. The monoisotopic (exact) mass is 495 g/mol. The minimum Gasteiger partial charge on any atom is -0.386 e. The fraction of sp³-hybridized carbons (Fsp3) is 0.217. The van der Waals surface area contributed by atoms with Crippen molar-refractivity contribution in [1.82, 2.24) is 19.3 Å². The number of rotatable bonds is 4. The molecule has 0 saturated carbocycles. The molecule has 0 spiro atoms. The van der Waals surface area contributed by atoms with Crippen LogP contribution >= 0.6 is 0 Å². The Morgan fingerprint density at radius 3 is 2.63 bits per heavy atom. The van der Waals surface area contributed by atoms with Crippen LogP contribution < -0.4 is 10.5 Å². The van der Waals surface area contributed by atoms with E-state index in [0.29, 0.717) is 16.6 Å². The van der Waals surface area contributed by atoms with Crippen LogP contribution in [0.15, 0.2) is 55.0 Å². The molecule has 1 aliphatic rings. The molecule has 12 heteroatoms. The number of nitrogens with zero attached hydrogens (tertiary/aromatic N) is 3. The topological polar surface area (TPSA) is 162 Å². The van der Waals surface area contributed by atoms with Crippen molar-refractivity contribution < 1.29 is 27.6 Å². The van der Waals surface area contributed by atoms with Crippen molar-refractivity contribution in [3.05, 3.63) is 66.1 Å². The van der Waals surface area contributed by atoms with Gasteiger partial charge in [0.2, 0.25) is 0 Å². The second kappa shape index (κ2) is 8.90. The van der Waals surface area contributed by atoms with Crippen molar-refractivity contribution in [2.24, 2.45) is 0 Å². The molecule has 11 nitrogen and oxygen atoms in total. The van der Waals surface area contributed by atoms with E-state index in [-0.39, 0.29) is 5.82 Å². The number of aliphatic hydroxyl groups is 2. The van der Waals surface area contributed by atoms with Gasteiger partial charge in [-0.25, -0.2) is 9.97 Å². The largest absolute Gasteiger partial charge is 0.386 e. The first-order chi connectivity index (χ1) is 16.8. The average molecular weight is 496 g/mol. The Morgan fingerprint density at radius 2 is 1.83 bits per heavy atom. The Hall–Kier alpha value is -3.57. The molecule has 0 amide bonds. The molecule has 5 rings (SSSR count). The highest BCUT2D eigenvalue weighted by Crippen LogP contribution is 2.34. The third-order valence-corrected chi connectivity index (χ3v) is 6.71. The van der Waals surface area contributed by atoms with E-state index < -0.39 is 35.0 Å².